The number of halogens is 1. The van der Waals surface area contributed by atoms with Gasteiger partial charge in [0.25, 0.3) is 0 Å². The molecule has 0 fully saturated rings. The topological polar surface area (TPSA) is 58.2 Å². The van der Waals surface area contributed by atoms with E-state index in [9.17, 15) is 9.59 Å². The molecule has 1 aromatic rings. The van der Waals surface area contributed by atoms with Crippen LogP contribution in [0.5, 0.6) is 0 Å². The molecule has 0 aliphatic heterocycles. The molecule has 0 aromatic heterocycles. The van der Waals surface area contributed by atoms with E-state index in [0.717, 1.165) is 0 Å². The first-order valence-corrected chi connectivity index (χ1v) is 5.96. The van der Waals surface area contributed by atoms with Crippen LogP contribution in [0.3, 0.4) is 0 Å². The normalized spacial score (nSPS) is 10.9. The van der Waals surface area contributed by atoms with E-state index in [2.05, 4.69) is 10.6 Å². The smallest absolute Gasteiger partial charge is 0.229 e. The zero-order valence-electron chi connectivity index (χ0n) is 10.9. The summed E-state index contributed by atoms with van der Waals surface area (Å²) >= 11 is 6.01. The fourth-order valence-corrected chi connectivity index (χ4v) is 1.43. The number of hydrogen-bond acceptors (Lipinski definition) is 2. The zero-order valence-corrected chi connectivity index (χ0v) is 11.7. The summed E-state index contributed by atoms with van der Waals surface area (Å²) in [6.45, 7) is 6.90. The third-order valence-electron chi connectivity index (χ3n) is 2.22. The lowest BCUT2D eigenvalue weighted by Crippen LogP contribution is -2.27. The van der Waals surface area contributed by atoms with Gasteiger partial charge in [-0.2, -0.15) is 0 Å². The molecule has 5 heteroatoms. The number of nitrogens with one attached hydrogen (secondary N) is 2. The van der Waals surface area contributed by atoms with E-state index >= 15 is 0 Å². The van der Waals surface area contributed by atoms with Crippen molar-refractivity contribution in [2.24, 2.45) is 5.41 Å². The number of anilines is 2. The van der Waals surface area contributed by atoms with E-state index in [4.69, 9.17) is 11.6 Å². The minimum absolute atomic E-state index is 0.0918. The maximum absolute atomic E-state index is 11.8. The summed E-state index contributed by atoms with van der Waals surface area (Å²) in [5, 5.41) is 5.75. The molecule has 4 nitrogen and oxygen atoms in total. The van der Waals surface area contributed by atoms with Crippen LogP contribution in [0.25, 0.3) is 0 Å². The monoisotopic (exact) mass is 268 g/mol. The van der Waals surface area contributed by atoms with Crippen LogP contribution in [-0.2, 0) is 9.59 Å². The van der Waals surface area contributed by atoms with Crippen LogP contribution in [-0.4, -0.2) is 11.8 Å². The van der Waals surface area contributed by atoms with Crippen LogP contribution in [0.15, 0.2) is 18.2 Å². The van der Waals surface area contributed by atoms with Gasteiger partial charge in [-0.05, 0) is 18.2 Å². The van der Waals surface area contributed by atoms with E-state index in [1.165, 1.54) is 6.92 Å². The average Bonchev–Trinajstić information content (AvgIpc) is 2.20. The van der Waals surface area contributed by atoms with Crippen molar-refractivity contribution in [3.8, 4) is 0 Å². The molecule has 0 spiro atoms. The summed E-state index contributed by atoms with van der Waals surface area (Å²) < 4.78 is 0. The van der Waals surface area contributed by atoms with Crippen LogP contribution in [0.4, 0.5) is 11.4 Å². The van der Waals surface area contributed by atoms with E-state index in [1.807, 2.05) is 20.8 Å². The van der Waals surface area contributed by atoms with Crippen LogP contribution in [0, 0.1) is 5.41 Å². The summed E-state index contributed by atoms with van der Waals surface area (Å²) in [6, 6.07) is 4.96. The van der Waals surface area contributed by atoms with Crippen LogP contribution >= 0.6 is 11.6 Å². The number of amides is 2. The molecule has 0 bridgehead atoms. The van der Waals surface area contributed by atoms with Crippen molar-refractivity contribution in [2.45, 2.75) is 27.7 Å². The quantitative estimate of drug-likeness (QED) is 0.865. The molecule has 2 amide bonds. The van der Waals surface area contributed by atoms with Crippen molar-refractivity contribution < 1.29 is 9.59 Å². The Morgan fingerprint density at radius 3 is 2.22 bits per heavy atom. The third kappa shape index (κ3) is 4.04. The number of rotatable bonds is 2. The van der Waals surface area contributed by atoms with Crippen molar-refractivity contribution in [3.05, 3.63) is 23.2 Å². The Balaban J connectivity index is 2.85. The molecule has 0 heterocycles. The van der Waals surface area contributed by atoms with E-state index in [1.54, 1.807) is 18.2 Å². The van der Waals surface area contributed by atoms with Crippen LogP contribution in [0.1, 0.15) is 27.7 Å². The molecular weight excluding hydrogens is 252 g/mol. The van der Waals surface area contributed by atoms with Crippen LogP contribution < -0.4 is 10.6 Å². The zero-order chi connectivity index (χ0) is 13.9. The number of benzene rings is 1. The van der Waals surface area contributed by atoms with Gasteiger partial charge in [0.15, 0.2) is 0 Å². The summed E-state index contributed by atoms with van der Waals surface area (Å²) in [5.41, 5.74) is 0.662. The number of hydrogen-bond donors (Lipinski definition) is 2. The largest absolute Gasteiger partial charge is 0.326 e. The molecule has 2 N–H and O–H groups in total. The summed E-state index contributed by atoms with van der Waals surface area (Å²) in [7, 11) is 0. The van der Waals surface area contributed by atoms with Gasteiger partial charge in [-0.15, -0.1) is 0 Å². The first kappa shape index (κ1) is 14.5. The fraction of sp³-hybridized carbons (Fsp3) is 0.385. The third-order valence-corrected chi connectivity index (χ3v) is 2.53. The Kier molecular flexibility index (Phi) is 4.35. The predicted molar refractivity (Wildman–Crippen MR) is 73.8 cm³/mol. The first-order valence-electron chi connectivity index (χ1n) is 5.59. The Morgan fingerprint density at radius 1 is 1.17 bits per heavy atom. The van der Waals surface area contributed by atoms with Crippen LogP contribution in [0.2, 0.25) is 5.02 Å². The molecule has 0 radical (unpaired) electrons. The predicted octanol–water partition coefficient (Wildman–Crippen LogP) is 3.28. The molecular formula is C13H17ClN2O2. The second-order valence-electron chi connectivity index (χ2n) is 5.08. The van der Waals surface area contributed by atoms with Gasteiger partial charge in [-0.25, -0.2) is 0 Å². The van der Waals surface area contributed by atoms with Gasteiger partial charge in [0.05, 0.1) is 10.7 Å². The molecule has 0 saturated carbocycles. The van der Waals surface area contributed by atoms with Crippen molar-refractivity contribution in [3.63, 3.8) is 0 Å². The van der Waals surface area contributed by atoms with Gasteiger partial charge < -0.3 is 10.6 Å². The second-order valence-corrected chi connectivity index (χ2v) is 5.49. The molecule has 0 atom stereocenters. The number of carbonyl (C=O) groups excluding carboxylic acids is 2. The first-order chi connectivity index (χ1) is 8.20. The minimum atomic E-state index is -0.469. The highest BCUT2D eigenvalue weighted by Crippen LogP contribution is 2.26. The summed E-state index contributed by atoms with van der Waals surface area (Å²) in [5.74, 6) is -0.283. The summed E-state index contributed by atoms with van der Waals surface area (Å²) in [4.78, 5) is 22.7. The molecule has 0 aliphatic rings. The molecule has 0 unspecified atom stereocenters. The highest BCUT2D eigenvalue weighted by atomic mass is 35.5. The molecule has 1 rings (SSSR count). The lowest BCUT2D eigenvalue weighted by Gasteiger charge is -2.18. The Labute approximate surface area is 112 Å². The molecule has 1 aromatic carbocycles. The van der Waals surface area contributed by atoms with E-state index in [0.29, 0.717) is 16.4 Å². The molecule has 0 aliphatic carbocycles. The highest BCUT2D eigenvalue weighted by Gasteiger charge is 2.21. The van der Waals surface area contributed by atoms with Gasteiger partial charge >= 0.3 is 0 Å². The van der Waals surface area contributed by atoms with Crippen molar-refractivity contribution in [2.75, 3.05) is 10.6 Å². The molecule has 98 valence electrons. The Bertz CT molecular complexity index is 478. The SMILES string of the molecule is CC(=O)Nc1ccc(NC(=O)C(C)(C)C)cc1Cl. The number of carbonyl (C=O) groups is 2. The lowest BCUT2D eigenvalue weighted by atomic mass is 9.95. The maximum Gasteiger partial charge on any atom is 0.229 e. The van der Waals surface area contributed by atoms with E-state index in [-0.39, 0.29) is 11.8 Å². The fourth-order valence-electron chi connectivity index (χ4n) is 1.20. The Morgan fingerprint density at radius 2 is 1.78 bits per heavy atom. The van der Waals surface area contributed by atoms with Gasteiger partial charge in [0.1, 0.15) is 0 Å². The minimum Gasteiger partial charge on any atom is -0.326 e. The van der Waals surface area contributed by atoms with E-state index < -0.39 is 5.41 Å². The Hall–Kier alpha value is -1.55. The van der Waals surface area contributed by atoms with Gasteiger partial charge in [-0.3, -0.25) is 9.59 Å². The maximum atomic E-state index is 11.8. The molecule has 0 saturated heterocycles. The second kappa shape index (κ2) is 5.40. The van der Waals surface area contributed by atoms with Gasteiger partial charge in [-0.1, -0.05) is 32.4 Å². The van der Waals surface area contributed by atoms with Crippen molar-refractivity contribution in [1.29, 1.82) is 0 Å². The van der Waals surface area contributed by atoms with Crippen molar-refractivity contribution >= 4 is 34.8 Å². The molecule has 18 heavy (non-hydrogen) atoms. The standard InChI is InChI=1S/C13H17ClN2O2/c1-8(17)15-11-6-5-9(7-10(11)14)16-12(18)13(2,3)4/h5-7H,1-4H3,(H,15,17)(H,16,18). The average molecular weight is 269 g/mol. The van der Waals surface area contributed by atoms with Crippen molar-refractivity contribution in [1.82, 2.24) is 0 Å². The lowest BCUT2D eigenvalue weighted by molar-refractivity contribution is -0.123. The van der Waals surface area contributed by atoms with Gasteiger partial charge in [0.2, 0.25) is 11.8 Å². The summed E-state index contributed by atoms with van der Waals surface area (Å²) in [6.07, 6.45) is 0. The highest BCUT2D eigenvalue weighted by molar-refractivity contribution is 6.34. The van der Waals surface area contributed by atoms with Gasteiger partial charge in [0, 0.05) is 18.0 Å².